The minimum atomic E-state index is -0.615. The van der Waals surface area contributed by atoms with Crippen LogP contribution in [0.1, 0.15) is 17.4 Å². The highest BCUT2D eigenvalue weighted by Gasteiger charge is 2.40. The van der Waals surface area contributed by atoms with Crippen LogP contribution in [0.15, 0.2) is 65.7 Å². The van der Waals surface area contributed by atoms with E-state index in [0.29, 0.717) is 10.6 Å². The summed E-state index contributed by atoms with van der Waals surface area (Å²) in [6, 6.07) is 15.0. The van der Waals surface area contributed by atoms with Crippen molar-refractivity contribution in [3.8, 4) is 0 Å². The van der Waals surface area contributed by atoms with Crippen molar-refractivity contribution in [2.24, 2.45) is 0 Å². The zero-order chi connectivity index (χ0) is 20.5. The molecule has 0 bridgehead atoms. The first-order valence-corrected chi connectivity index (χ1v) is 10.2. The molecule has 1 N–H and O–H groups in total. The number of hydrogen-bond acceptors (Lipinski definition) is 4. The molecule has 0 aliphatic carbocycles. The van der Waals surface area contributed by atoms with Gasteiger partial charge in [0.05, 0.1) is 16.3 Å². The SMILES string of the molecule is CCc1ccc(NC2=C(c3cccs3)C(=O)N(c3ccc(F)c(Cl)c3)C2=O)cc1. The normalized spacial score (nSPS) is 14.1. The molecular weight excluding hydrogens is 411 g/mol. The maximum Gasteiger partial charge on any atom is 0.282 e. The van der Waals surface area contributed by atoms with Gasteiger partial charge in [-0.2, -0.15) is 0 Å². The molecule has 1 aliphatic heterocycles. The summed E-state index contributed by atoms with van der Waals surface area (Å²) in [5.74, 6) is -1.61. The Bertz CT molecular complexity index is 1120. The molecule has 4 rings (SSSR count). The topological polar surface area (TPSA) is 49.4 Å². The van der Waals surface area contributed by atoms with E-state index in [1.54, 1.807) is 6.07 Å². The second-order valence-corrected chi connectivity index (χ2v) is 7.80. The first-order valence-electron chi connectivity index (χ1n) is 8.97. The first kappa shape index (κ1) is 19.4. The molecule has 0 saturated carbocycles. The number of carbonyl (C=O) groups excluding carboxylic acids is 2. The van der Waals surface area contributed by atoms with Gasteiger partial charge in [0.25, 0.3) is 11.8 Å². The predicted octanol–water partition coefficient (Wildman–Crippen LogP) is 5.50. The largest absolute Gasteiger partial charge is 0.350 e. The fourth-order valence-corrected chi connectivity index (χ4v) is 4.06. The Morgan fingerprint density at radius 2 is 1.83 bits per heavy atom. The standard InChI is InChI=1S/C22H16ClFN2O2S/c1-2-13-5-7-14(8-6-13)25-20-19(18-4-3-11-29-18)21(27)26(22(20)28)15-9-10-17(24)16(23)12-15/h3-12,25H,2H2,1H3. The number of imide groups is 1. The number of benzene rings is 2. The van der Waals surface area contributed by atoms with Crippen molar-refractivity contribution in [3.63, 3.8) is 0 Å². The Morgan fingerprint density at radius 3 is 2.45 bits per heavy atom. The Kier molecular flexibility index (Phi) is 5.22. The number of anilines is 2. The Hall–Kier alpha value is -2.96. The van der Waals surface area contributed by atoms with Gasteiger partial charge >= 0.3 is 0 Å². The van der Waals surface area contributed by atoms with Crippen LogP contribution in [0.2, 0.25) is 5.02 Å². The summed E-state index contributed by atoms with van der Waals surface area (Å²) >= 11 is 7.23. The Morgan fingerprint density at radius 1 is 1.07 bits per heavy atom. The van der Waals surface area contributed by atoms with Gasteiger partial charge in [-0.25, -0.2) is 9.29 Å². The van der Waals surface area contributed by atoms with Gasteiger partial charge in [-0.1, -0.05) is 36.7 Å². The van der Waals surface area contributed by atoms with Gasteiger partial charge in [0.1, 0.15) is 11.5 Å². The molecule has 3 aromatic rings. The van der Waals surface area contributed by atoms with Crippen molar-refractivity contribution >= 4 is 51.7 Å². The molecule has 2 heterocycles. The maximum atomic E-state index is 13.6. The molecule has 1 aliphatic rings. The smallest absolute Gasteiger partial charge is 0.282 e. The van der Waals surface area contributed by atoms with Gasteiger partial charge < -0.3 is 5.32 Å². The monoisotopic (exact) mass is 426 g/mol. The lowest BCUT2D eigenvalue weighted by Gasteiger charge is -2.16. The zero-order valence-electron chi connectivity index (χ0n) is 15.4. The molecule has 2 amide bonds. The average molecular weight is 427 g/mol. The van der Waals surface area contributed by atoms with Crippen molar-refractivity contribution in [2.75, 3.05) is 10.2 Å². The van der Waals surface area contributed by atoms with E-state index in [1.807, 2.05) is 35.7 Å². The molecule has 0 unspecified atom stereocenters. The van der Waals surface area contributed by atoms with Crippen molar-refractivity contribution in [1.29, 1.82) is 0 Å². The fourth-order valence-electron chi connectivity index (χ4n) is 3.12. The number of aryl methyl sites for hydroxylation is 1. The predicted molar refractivity (Wildman–Crippen MR) is 115 cm³/mol. The van der Waals surface area contributed by atoms with Gasteiger partial charge in [0, 0.05) is 10.6 Å². The number of amides is 2. The second kappa shape index (κ2) is 7.81. The van der Waals surface area contributed by atoms with E-state index in [4.69, 9.17) is 11.6 Å². The number of carbonyl (C=O) groups is 2. The quantitative estimate of drug-likeness (QED) is 0.548. The van der Waals surface area contributed by atoms with Crippen LogP contribution in [0, 0.1) is 5.82 Å². The lowest BCUT2D eigenvalue weighted by Crippen LogP contribution is -2.32. The molecule has 0 atom stereocenters. The number of nitrogens with one attached hydrogen (secondary N) is 1. The van der Waals surface area contributed by atoms with Gasteiger partial charge in [0.2, 0.25) is 0 Å². The summed E-state index contributed by atoms with van der Waals surface area (Å²) in [4.78, 5) is 28.1. The molecule has 0 fully saturated rings. The third kappa shape index (κ3) is 3.57. The van der Waals surface area contributed by atoms with Crippen LogP contribution in [0.25, 0.3) is 5.57 Å². The van der Waals surface area contributed by atoms with Crippen molar-refractivity contribution in [2.45, 2.75) is 13.3 Å². The third-order valence-corrected chi connectivity index (χ3v) is 5.82. The highest BCUT2D eigenvalue weighted by atomic mass is 35.5. The van der Waals surface area contributed by atoms with E-state index in [2.05, 4.69) is 12.2 Å². The van der Waals surface area contributed by atoms with Gasteiger partial charge in [-0.15, -0.1) is 11.3 Å². The number of thiophene rings is 1. The van der Waals surface area contributed by atoms with E-state index >= 15 is 0 Å². The van der Waals surface area contributed by atoms with E-state index < -0.39 is 17.6 Å². The van der Waals surface area contributed by atoms with Crippen LogP contribution in [-0.2, 0) is 16.0 Å². The number of rotatable bonds is 5. The summed E-state index contributed by atoms with van der Waals surface area (Å²) in [6.07, 6.45) is 0.903. The Labute approximate surface area is 176 Å². The van der Waals surface area contributed by atoms with Crippen LogP contribution in [0.5, 0.6) is 0 Å². The molecule has 7 heteroatoms. The van der Waals surface area contributed by atoms with Crippen molar-refractivity contribution in [1.82, 2.24) is 0 Å². The molecule has 0 radical (unpaired) electrons. The first-order chi connectivity index (χ1) is 14.0. The molecule has 1 aromatic heterocycles. The van der Waals surface area contributed by atoms with E-state index in [-0.39, 0.29) is 22.0 Å². The zero-order valence-corrected chi connectivity index (χ0v) is 17.0. The summed E-state index contributed by atoms with van der Waals surface area (Å²) in [5, 5.41) is 4.79. The van der Waals surface area contributed by atoms with Gasteiger partial charge in [-0.05, 0) is 53.8 Å². The molecule has 0 spiro atoms. The van der Waals surface area contributed by atoms with Crippen LogP contribution < -0.4 is 10.2 Å². The summed E-state index contributed by atoms with van der Waals surface area (Å²) in [6.45, 7) is 2.06. The maximum absolute atomic E-state index is 13.6. The van der Waals surface area contributed by atoms with Gasteiger partial charge in [0.15, 0.2) is 0 Å². The fraction of sp³-hybridized carbons (Fsp3) is 0.0909. The van der Waals surface area contributed by atoms with Crippen molar-refractivity contribution < 1.29 is 14.0 Å². The molecule has 29 heavy (non-hydrogen) atoms. The van der Waals surface area contributed by atoms with Gasteiger partial charge in [-0.3, -0.25) is 9.59 Å². The minimum Gasteiger partial charge on any atom is -0.350 e. The van der Waals surface area contributed by atoms with Crippen LogP contribution in [0.4, 0.5) is 15.8 Å². The molecule has 146 valence electrons. The van der Waals surface area contributed by atoms with Crippen LogP contribution >= 0.6 is 22.9 Å². The van der Waals surface area contributed by atoms with E-state index in [1.165, 1.54) is 29.0 Å². The lowest BCUT2D eigenvalue weighted by atomic mass is 10.1. The Balaban J connectivity index is 1.76. The van der Waals surface area contributed by atoms with E-state index in [9.17, 15) is 14.0 Å². The van der Waals surface area contributed by atoms with Crippen LogP contribution in [0.3, 0.4) is 0 Å². The minimum absolute atomic E-state index is 0.155. The second-order valence-electron chi connectivity index (χ2n) is 6.45. The lowest BCUT2D eigenvalue weighted by molar-refractivity contribution is -0.120. The molecule has 4 nitrogen and oxygen atoms in total. The van der Waals surface area contributed by atoms with E-state index in [0.717, 1.165) is 17.4 Å². The molecule has 0 saturated heterocycles. The number of halogens is 2. The highest BCUT2D eigenvalue weighted by Crippen LogP contribution is 2.36. The number of nitrogens with zero attached hydrogens (tertiary/aromatic N) is 1. The van der Waals surface area contributed by atoms with Crippen LogP contribution in [-0.4, -0.2) is 11.8 Å². The summed E-state index contributed by atoms with van der Waals surface area (Å²) < 4.78 is 13.6. The molecule has 2 aromatic carbocycles. The summed E-state index contributed by atoms with van der Waals surface area (Å²) in [5.41, 5.74) is 2.55. The van der Waals surface area contributed by atoms with Crippen molar-refractivity contribution in [3.05, 3.63) is 87.0 Å². The summed E-state index contributed by atoms with van der Waals surface area (Å²) in [7, 11) is 0. The molecular formula is C22H16ClFN2O2S. The average Bonchev–Trinajstić information content (AvgIpc) is 3.32. The third-order valence-electron chi connectivity index (χ3n) is 4.64. The highest BCUT2D eigenvalue weighted by molar-refractivity contribution is 7.11. The number of hydrogen-bond donors (Lipinski definition) is 1.